The first-order valence-electron chi connectivity index (χ1n) is 6.45. The van der Waals surface area contributed by atoms with Crippen LogP contribution in [-0.4, -0.2) is 21.2 Å². The van der Waals surface area contributed by atoms with Crippen molar-refractivity contribution in [2.75, 3.05) is 0 Å². The number of nitro benzene ring substituents is 1. The van der Waals surface area contributed by atoms with Crippen LogP contribution in [0.15, 0.2) is 18.2 Å². The van der Waals surface area contributed by atoms with E-state index in [-0.39, 0.29) is 10.6 Å². The molecule has 0 radical (unpaired) electrons. The Labute approximate surface area is 120 Å². The van der Waals surface area contributed by atoms with E-state index in [0.29, 0.717) is 23.2 Å². The molecule has 20 heavy (non-hydrogen) atoms. The zero-order valence-corrected chi connectivity index (χ0v) is 11.8. The normalized spacial score (nSPS) is 14.4. The van der Waals surface area contributed by atoms with Gasteiger partial charge in [0.1, 0.15) is 5.01 Å². The van der Waals surface area contributed by atoms with Crippen LogP contribution in [0.4, 0.5) is 5.69 Å². The van der Waals surface area contributed by atoms with Gasteiger partial charge in [0.05, 0.1) is 10.5 Å². The molecule has 0 unspecified atom stereocenters. The van der Waals surface area contributed by atoms with Crippen LogP contribution in [0, 0.1) is 17.0 Å². The summed E-state index contributed by atoms with van der Waals surface area (Å²) in [5.74, 6) is 0. The van der Waals surface area contributed by atoms with Gasteiger partial charge in [0.15, 0.2) is 5.01 Å². The van der Waals surface area contributed by atoms with E-state index in [1.807, 2.05) is 13.0 Å². The number of nitrogens with one attached hydrogen (secondary N) is 1. The molecule has 1 N–H and O–H groups in total. The van der Waals surface area contributed by atoms with Gasteiger partial charge in [-0.25, -0.2) is 0 Å². The number of aromatic nitrogens is 2. The van der Waals surface area contributed by atoms with Crippen molar-refractivity contribution >= 4 is 17.0 Å². The first-order chi connectivity index (χ1) is 9.65. The predicted molar refractivity (Wildman–Crippen MR) is 76.6 cm³/mol. The Balaban J connectivity index is 1.90. The third kappa shape index (κ3) is 2.68. The molecule has 1 heterocycles. The minimum Gasteiger partial charge on any atom is -0.308 e. The van der Waals surface area contributed by atoms with Crippen molar-refractivity contribution in [3.8, 4) is 10.6 Å². The summed E-state index contributed by atoms with van der Waals surface area (Å²) < 4.78 is 0. The van der Waals surface area contributed by atoms with Crippen molar-refractivity contribution in [1.82, 2.24) is 15.5 Å². The fraction of sp³-hybridized carbons (Fsp3) is 0.385. The molecule has 1 aliphatic rings. The van der Waals surface area contributed by atoms with Crippen LogP contribution in [0.3, 0.4) is 0 Å². The average molecular weight is 290 g/mol. The molecule has 7 heteroatoms. The smallest absolute Gasteiger partial charge is 0.279 e. The molecule has 0 aliphatic heterocycles. The zero-order chi connectivity index (χ0) is 14.1. The number of nitrogens with zero attached hydrogens (tertiary/aromatic N) is 3. The highest BCUT2D eigenvalue weighted by atomic mass is 32.1. The molecule has 0 bridgehead atoms. The molecule has 6 nitrogen and oxygen atoms in total. The Kier molecular flexibility index (Phi) is 3.45. The van der Waals surface area contributed by atoms with Crippen molar-refractivity contribution in [2.24, 2.45) is 0 Å². The quantitative estimate of drug-likeness (QED) is 0.676. The van der Waals surface area contributed by atoms with E-state index < -0.39 is 0 Å². The number of aryl methyl sites for hydroxylation is 1. The molecular formula is C13H14N4O2S. The molecule has 1 aromatic carbocycles. The van der Waals surface area contributed by atoms with E-state index in [0.717, 1.165) is 10.6 Å². The molecule has 3 rings (SSSR count). The average Bonchev–Trinajstić information content (AvgIpc) is 3.14. The fourth-order valence-corrected chi connectivity index (χ4v) is 2.94. The molecule has 0 spiro atoms. The predicted octanol–water partition coefficient (Wildman–Crippen LogP) is 2.67. The van der Waals surface area contributed by atoms with Gasteiger partial charge in [0.25, 0.3) is 5.69 Å². The summed E-state index contributed by atoms with van der Waals surface area (Å²) in [5, 5.41) is 24.2. The maximum atomic E-state index is 11.1. The standard InChI is InChI=1S/C13H14N4O2S/c1-8-3-2-4-10(17(18)19)12(8)13-16-15-11(20-13)7-14-9-5-6-9/h2-4,9,14H,5-7H2,1H3. The number of nitro groups is 1. The highest BCUT2D eigenvalue weighted by molar-refractivity contribution is 7.14. The topological polar surface area (TPSA) is 81.0 Å². The Morgan fingerprint density at radius 3 is 2.95 bits per heavy atom. The fourth-order valence-electron chi connectivity index (χ4n) is 2.03. The monoisotopic (exact) mass is 290 g/mol. The number of rotatable bonds is 5. The van der Waals surface area contributed by atoms with Crippen LogP contribution in [0.25, 0.3) is 10.6 Å². The van der Waals surface area contributed by atoms with E-state index in [9.17, 15) is 10.1 Å². The lowest BCUT2D eigenvalue weighted by atomic mass is 10.1. The summed E-state index contributed by atoms with van der Waals surface area (Å²) in [4.78, 5) is 10.8. The lowest BCUT2D eigenvalue weighted by Crippen LogP contribution is -2.14. The Hall–Kier alpha value is -1.86. The summed E-state index contributed by atoms with van der Waals surface area (Å²) in [6, 6.07) is 5.65. The van der Waals surface area contributed by atoms with Gasteiger partial charge in [0, 0.05) is 18.7 Å². The van der Waals surface area contributed by atoms with Crippen LogP contribution in [0.2, 0.25) is 0 Å². The molecule has 2 aromatic rings. The molecule has 1 aromatic heterocycles. The number of benzene rings is 1. The van der Waals surface area contributed by atoms with Crippen LogP contribution < -0.4 is 5.32 Å². The molecule has 0 amide bonds. The third-order valence-electron chi connectivity index (χ3n) is 3.25. The number of hydrogen-bond donors (Lipinski definition) is 1. The van der Waals surface area contributed by atoms with Crippen molar-refractivity contribution in [3.05, 3.63) is 38.9 Å². The summed E-state index contributed by atoms with van der Waals surface area (Å²) >= 11 is 1.41. The molecule has 0 saturated heterocycles. The van der Waals surface area contributed by atoms with Crippen LogP contribution in [-0.2, 0) is 6.54 Å². The van der Waals surface area contributed by atoms with Gasteiger partial charge in [-0.15, -0.1) is 10.2 Å². The van der Waals surface area contributed by atoms with Crippen molar-refractivity contribution in [3.63, 3.8) is 0 Å². The second-order valence-corrected chi connectivity index (χ2v) is 5.94. The molecule has 1 saturated carbocycles. The van der Waals surface area contributed by atoms with E-state index >= 15 is 0 Å². The lowest BCUT2D eigenvalue weighted by Gasteiger charge is -2.02. The maximum Gasteiger partial charge on any atom is 0.279 e. The van der Waals surface area contributed by atoms with E-state index in [1.54, 1.807) is 6.07 Å². The van der Waals surface area contributed by atoms with Crippen molar-refractivity contribution in [1.29, 1.82) is 0 Å². The summed E-state index contributed by atoms with van der Waals surface area (Å²) in [7, 11) is 0. The van der Waals surface area contributed by atoms with Gasteiger partial charge in [-0.3, -0.25) is 10.1 Å². The highest BCUT2D eigenvalue weighted by Crippen LogP contribution is 2.34. The van der Waals surface area contributed by atoms with Gasteiger partial charge in [-0.2, -0.15) is 0 Å². The first kappa shape index (κ1) is 13.1. The van der Waals surface area contributed by atoms with Gasteiger partial charge in [-0.1, -0.05) is 23.5 Å². The van der Waals surface area contributed by atoms with Gasteiger partial charge in [-0.05, 0) is 25.3 Å². The SMILES string of the molecule is Cc1cccc([N+](=O)[O-])c1-c1nnc(CNC2CC2)s1. The molecule has 1 fully saturated rings. The highest BCUT2D eigenvalue weighted by Gasteiger charge is 2.23. The largest absolute Gasteiger partial charge is 0.308 e. The molecule has 1 aliphatic carbocycles. The second-order valence-electron chi connectivity index (χ2n) is 4.88. The van der Waals surface area contributed by atoms with E-state index in [1.165, 1.54) is 30.2 Å². The van der Waals surface area contributed by atoms with Crippen molar-refractivity contribution < 1.29 is 4.92 Å². The van der Waals surface area contributed by atoms with Crippen LogP contribution in [0.5, 0.6) is 0 Å². The maximum absolute atomic E-state index is 11.1. The summed E-state index contributed by atoms with van der Waals surface area (Å²) in [6.07, 6.45) is 2.43. The Morgan fingerprint density at radius 2 is 2.25 bits per heavy atom. The molecule has 104 valence electrons. The van der Waals surface area contributed by atoms with Gasteiger partial charge >= 0.3 is 0 Å². The van der Waals surface area contributed by atoms with E-state index in [4.69, 9.17) is 0 Å². The van der Waals surface area contributed by atoms with Gasteiger partial charge < -0.3 is 5.32 Å². The Morgan fingerprint density at radius 1 is 1.45 bits per heavy atom. The molecular weight excluding hydrogens is 276 g/mol. The lowest BCUT2D eigenvalue weighted by molar-refractivity contribution is -0.384. The van der Waals surface area contributed by atoms with Crippen LogP contribution >= 0.6 is 11.3 Å². The Bertz CT molecular complexity index is 652. The summed E-state index contributed by atoms with van der Waals surface area (Å²) in [5.41, 5.74) is 1.51. The minimum atomic E-state index is -0.369. The zero-order valence-electron chi connectivity index (χ0n) is 11.0. The number of hydrogen-bond acceptors (Lipinski definition) is 6. The third-order valence-corrected chi connectivity index (χ3v) is 4.19. The van der Waals surface area contributed by atoms with Crippen molar-refractivity contribution in [2.45, 2.75) is 32.4 Å². The molecule has 0 atom stereocenters. The van der Waals surface area contributed by atoms with E-state index in [2.05, 4.69) is 15.5 Å². The second kappa shape index (κ2) is 5.26. The summed E-state index contributed by atoms with van der Waals surface area (Å²) in [6.45, 7) is 2.54. The minimum absolute atomic E-state index is 0.0860. The first-order valence-corrected chi connectivity index (χ1v) is 7.27. The van der Waals surface area contributed by atoms with Gasteiger partial charge in [0.2, 0.25) is 0 Å². The van der Waals surface area contributed by atoms with Crippen LogP contribution in [0.1, 0.15) is 23.4 Å².